The fraction of sp³-hybridized carbons (Fsp3) is 0. The molecule has 3 heteroatoms. The van der Waals surface area contributed by atoms with Crippen molar-refractivity contribution in [2.75, 3.05) is 0 Å². The quantitative estimate of drug-likeness (QED) is 0.530. The van der Waals surface area contributed by atoms with Crippen LogP contribution in [0, 0.1) is 11.8 Å². The van der Waals surface area contributed by atoms with Crippen LogP contribution in [0.1, 0.15) is 5.56 Å². The summed E-state index contributed by atoms with van der Waals surface area (Å²) in [4.78, 5) is 9.97. The van der Waals surface area contributed by atoms with Gasteiger partial charge in [-0.05, 0) is 40.0 Å². The Labute approximate surface area is 87.4 Å². The minimum atomic E-state index is 0.577. The van der Waals surface area contributed by atoms with Crippen LogP contribution < -0.4 is 0 Å². The predicted octanol–water partition coefficient (Wildman–Crippen LogP) is 2.76. The van der Waals surface area contributed by atoms with Crippen molar-refractivity contribution in [1.29, 1.82) is 0 Å². The molecule has 0 unspecified atom stereocenters. The smallest absolute Gasteiger partial charge is 0.193 e. The third-order valence-electron chi connectivity index (χ3n) is 1.19. The Morgan fingerprint density at radius 1 is 1.33 bits per heavy atom. The normalized spacial score (nSPS) is 8.50. The lowest BCUT2D eigenvalue weighted by Crippen LogP contribution is -1.77. The molecule has 1 rings (SSSR count). The largest absolute Gasteiger partial charge is 0.289 e. The third kappa shape index (κ3) is 2.47. The highest BCUT2D eigenvalue weighted by Crippen LogP contribution is 2.20. The molecular formula is C9H4Br2O. The SMILES string of the molecule is O=CC#Cc1cc(Br)ccc1Br. The Kier molecular flexibility index (Phi) is 3.51. The van der Waals surface area contributed by atoms with Crippen molar-refractivity contribution in [3.8, 4) is 11.8 Å². The van der Waals surface area contributed by atoms with Gasteiger partial charge in [-0.15, -0.1) is 0 Å². The average molecular weight is 288 g/mol. The predicted molar refractivity (Wildman–Crippen MR) is 54.8 cm³/mol. The van der Waals surface area contributed by atoms with Crippen molar-refractivity contribution >= 4 is 38.1 Å². The van der Waals surface area contributed by atoms with Crippen LogP contribution in [-0.2, 0) is 4.79 Å². The number of hydrogen-bond acceptors (Lipinski definition) is 1. The minimum Gasteiger partial charge on any atom is -0.289 e. The van der Waals surface area contributed by atoms with Crippen LogP contribution in [0.4, 0.5) is 0 Å². The van der Waals surface area contributed by atoms with E-state index in [0.29, 0.717) is 6.29 Å². The summed E-state index contributed by atoms with van der Waals surface area (Å²) in [5.41, 5.74) is 0.802. The molecule has 0 aromatic heterocycles. The summed E-state index contributed by atoms with van der Waals surface area (Å²) in [6, 6.07) is 5.62. The topological polar surface area (TPSA) is 17.1 Å². The van der Waals surface area contributed by atoms with E-state index < -0.39 is 0 Å². The van der Waals surface area contributed by atoms with Crippen molar-refractivity contribution in [1.82, 2.24) is 0 Å². The first-order valence-corrected chi connectivity index (χ1v) is 4.73. The molecule has 1 aromatic rings. The van der Waals surface area contributed by atoms with Crippen LogP contribution in [0.2, 0.25) is 0 Å². The second kappa shape index (κ2) is 4.44. The first-order valence-electron chi connectivity index (χ1n) is 3.14. The van der Waals surface area contributed by atoms with Crippen LogP contribution in [0.15, 0.2) is 27.1 Å². The van der Waals surface area contributed by atoms with E-state index >= 15 is 0 Å². The first-order chi connectivity index (χ1) is 5.74. The minimum absolute atomic E-state index is 0.577. The van der Waals surface area contributed by atoms with Gasteiger partial charge in [0.15, 0.2) is 6.29 Å². The van der Waals surface area contributed by atoms with Crippen LogP contribution in [0.25, 0.3) is 0 Å². The van der Waals surface area contributed by atoms with E-state index in [1.54, 1.807) is 0 Å². The highest BCUT2D eigenvalue weighted by molar-refractivity contribution is 9.11. The Morgan fingerprint density at radius 2 is 2.08 bits per heavy atom. The van der Waals surface area contributed by atoms with Gasteiger partial charge >= 0.3 is 0 Å². The number of aldehydes is 1. The highest BCUT2D eigenvalue weighted by Gasteiger charge is 1.95. The monoisotopic (exact) mass is 286 g/mol. The Morgan fingerprint density at radius 3 is 2.75 bits per heavy atom. The lowest BCUT2D eigenvalue weighted by atomic mass is 10.2. The highest BCUT2D eigenvalue weighted by atomic mass is 79.9. The molecule has 12 heavy (non-hydrogen) atoms. The molecule has 0 aliphatic rings. The van der Waals surface area contributed by atoms with Crippen LogP contribution in [0.5, 0.6) is 0 Å². The van der Waals surface area contributed by atoms with E-state index in [1.807, 2.05) is 18.2 Å². The molecule has 0 amide bonds. The maximum Gasteiger partial charge on any atom is 0.193 e. The molecule has 0 aliphatic heterocycles. The summed E-state index contributed by atoms with van der Waals surface area (Å²) >= 11 is 6.63. The van der Waals surface area contributed by atoms with E-state index in [9.17, 15) is 4.79 Å². The molecule has 0 fully saturated rings. The molecule has 0 spiro atoms. The van der Waals surface area contributed by atoms with E-state index in [-0.39, 0.29) is 0 Å². The van der Waals surface area contributed by atoms with Gasteiger partial charge in [0, 0.05) is 14.5 Å². The number of hydrogen-bond donors (Lipinski definition) is 0. The summed E-state index contributed by atoms with van der Waals surface area (Å²) < 4.78 is 1.83. The zero-order chi connectivity index (χ0) is 8.97. The molecule has 60 valence electrons. The van der Waals surface area contributed by atoms with E-state index in [4.69, 9.17) is 0 Å². The molecular weight excluding hydrogens is 284 g/mol. The lowest BCUT2D eigenvalue weighted by Gasteiger charge is -1.95. The molecule has 0 N–H and O–H groups in total. The molecule has 0 radical (unpaired) electrons. The standard InChI is InChI=1S/C9H4Br2O/c10-8-3-4-9(11)7(6-8)2-1-5-12/h3-6H. The van der Waals surface area contributed by atoms with Gasteiger partial charge in [-0.3, -0.25) is 4.79 Å². The summed E-state index contributed by atoms with van der Waals surface area (Å²) in [6.07, 6.45) is 0.577. The summed E-state index contributed by atoms with van der Waals surface area (Å²) in [5, 5.41) is 0. The van der Waals surface area contributed by atoms with E-state index in [0.717, 1.165) is 14.5 Å². The van der Waals surface area contributed by atoms with Crippen LogP contribution >= 0.6 is 31.9 Å². The Hall–Kier alpha value is -0.590. The van der Waals surface area contributed by atoms with Gasteiger partial charge in [0.05, 0.1) is 0 Å². The molecule has 0 saturated carbocycles. The van der Waals surface area contributed by atoms with Crippen LogP contribution in [-0.4, -0.2) is 6.29 Å². The van der Waals surface area contributed by atoms with Crippen molar-refractivity contribution < 1.29 is 4.79 Å². The number of halogens is 2. The maximum absolute atomic E-state index is 9.97. The summed E-state index contributed by atoms with van der Waals surface area (Å²) in [5.74, 6) is 5.06. The average Bonchev–Trinajstić information content (AvgIpc) is 2.07. The van der Waals surface area contributed by atoms with Gasteiger partial charge in [-0.2, -0.15) is 0 Å². The van der Waals surface area contributed by atoms with Crippen molar-refractivity contribution in [2.24, 2.45) is 0 Å². The summed E-state index contributed by atoms with van der Waals surface area (Å²) in [6.45, 7) is 0. The third-order valence-corrected chi connectivity index (χ3v) is 2.38. The molecule has 0 bridgehead atoms. The fourth-order valence-electron chi connectivity index (χ4n) is 0.701. The van der Waals surface area contributed by atoms with Crippen molar-refractivity contribution in [2.45, 2.75) is 0 Å². The van der Waals surface area contributed by atoms with Gasteiger partial charge in [0.25, 0.3) is 0 Å². The number of carbonyl (C=O) groups excluding carboxylic acids is 1. The number of carbonyl (C=O) groups is 1. The Bertz CT molecular complexity index is 361. The maximum atomic E-state index is 9.97. The lowest BCUT2D eigenvalue weighted by molar-refractivity contribution is -0.103. The second-order valence-corrected chi connectivity index (χ2v) is 3.78. The van der Waals surface area contributed by atoms with E-state index in [1.165, 1.54) is 0 Å². The molecule has 1 aromatic carbocycles. The van der Waals surface area contributed by atoms with Gasteiger partial charge in [-0.1, -0.05) is 21.9 Å². The zero-order valence-electron chi connectivity index (χ0n) is 5.97. The zero-order valence-corrected chi connectivity index (χ0v) is 9.15. The molecule has 1 nitrogen and oxygen atoms in total. The van der Waals surface area contributed by atoms with Gasteiger partial charge < -0.3 is 0 Å². The van der Waals surface area contributed by atoms with Gasteiger partial charge in [-0.25, -0.2) is 0 Å². The Balaban J connectivity index is 3.13. The van der Waals surface area contributed by atoms with E-state index in [2.05, 4.69) is 43.7 Å². The molecule has 0 aliphatic carbocycles. The first kappa shape index (κ1) is 9.50. The van der Waals surface area contributed by atoms with Crippen molar-refractivity contribution in [3.05, 3.63) is 32.7 Å². The molecule has 0 saturated heterocycles. The van der Waals surface area contributed by atoms with Gasteiger partial charge in [0.2, 0.25) is 0 Å². The second-order valence-electron chi connectivity index (χ2n) is 2.01. The van der Waals surface area contributed by atoms with Crippen LogP contribution in [0.3, 0.4) is 0 Å². The number of benzene rings is 1. The van der Waals surface area contributed by atoms with Gasteiger partial charge in [0.1, 0.15) is 0 Å². The number of rotatable bonds is 0. The molecule has 0 heterocycles. The summed E-state index contributed by atoms with van der Waals surface area (Å²) in [7, 11) is 0. The molecule has 0 atom stereocenters. The fourth-order valence-corrected chi connectivity index (χ4v) is 1.41. The van der Waals surface area contributed by atoms with Crippen molar-refractivity contribution in [3.63, 3.8) is 0 Å².